The number of aromatic nitrogens is 1. The first-order valence-corrected chi connectivity index (χ1v) is 9.17. The van der Waals surface area contributed by atoms with Crippen molar-refractivity contribution in [3.05, 3.63) is 41.7 Å². The molecule has 25 heavy (non-hydrogen) atoms. The summed E-state index contributed by atoms with van der Waals surface area (Å²) in [6.07, 6.45) is 3.53. The predicted molar refractivity (Wildman–Crippen MR) is 97.2 cm³/mol. The first-order chi connectivity index (χ1) is 11.8. The van der Waals surface area contributed by atoms with E-state index in [1.54, 1.807) is 6.92 Å². The van der Waals surface area contributed by atoms with Gasteiger partial charge in [0.2, 0.25) is 0 Å². The lowest BCUT2D eigenvalue weighted by Gasteiger charge is -2.39. The van der Waals surface area contributed by atoms with Crippen LogP contribution in [0.3, 0.4) is 0 Å². The van der Waals surface area contributed by atoms with Crippen molar-refractivity contribution >= 4 is 5.91 Å². The van der Waals surface area contributed by atoms with Crippen LogP contribution in [0.25, 0.3) is 11.3 Å². The van der Waals surface area contributed by atoms with Crippen molar-refractivity contribution < 1.29 is 9.32 Å². The molecule has 2 saturated carbocycles. The molecule has 0 unspecified atom stereocenters. The van der Waals surface area contributed by atoms with Gasteiger partial charge in [-0.25, -0.2) is 0 Å². The first kappa shape index (κ1) is 16.4. The Hall–Kier alpha value is -2.10. The Morgan fingerprint density at radius 3 is 2.56 bits per heavy atom. The Balaban J connectivity index is 1.63. The SMILES string of the molecule is Cc1onc(-c2ccccc2)c1C(=O)N[C@@H]1C[C@H]2CC[C@@]1(C)C2(C)C. The second-order valence-corrected chi connectivity index (χ2v) is 8.46. The van der Waals surface area contributed by atoms with Gasteiger partial charge in [-0.15, -0.1) is 0 Å². The van der Waals surface area contributed by atoms with E-state index in [0.717, 1.165) is 12.0 Å². The Labute approximate surface area is 149 Å². The maximum atomic E-state index is 13.1. The molecule has 0 aliphatic heterocycles. The summed E-state index contributed by atoms with van der Waals surface area (Å²) < 4.78 is 5.35. The summed E-state index contributed by atoms with van der Waals surface area (Å²) in [4.78, 5) is 13.1. The molecular formula is C21H26N2O2. The van der Waals surface area contributed by atoms with Crippen molar-refractivity contribution in [2.45, 2.75) is 53.0 Å². The zero-order chi connectivity index (χ0) is 17.8. The number of hydrogen-bond acceptors (Lipinski definition) is 3. The van der Waals surface area contributed by atoms with Gasteiger partial charge in [0.1, 0.15) is 17.0 Å². The molecule has 4 nitrogen and oxygen atoms in total. The van der Waals surface area contributed by atoms with E-state index in [1.807, 2.05) is 30.3 Å². The van der Waals surface area contributed by atoms with Crippen LogP contribution in [0.15, 0.2) is 34.9 Å². The molecule has 1 aromatic heterocycles. The molecule has 4 heteroatoms. The number of carbonyl (C=O) groups is 1. The van der Waals surface area contributed by atoms with Gasteiger partial charge in [-0.3, -0.25) is 4.79 Å². The molecule has 1 aromatic carbocycles. The van der Waals surface area contributed by atoms with Crippen molar-refractivity contribution in [3.8, 4) is 11.3 Å². The van der Waals surface area contributed by atoms with Crippen LogP contribution in [0.2, 0.25) is 0 Å². The monoisotopic (exact) mass is 338 g/mol. The lowest BCUT2D eigenvalue weighted by Crippen LogP contribution is -2.47. The van der Waals surface area contributed by atoms with E-state index >= 15 is 0 Å². The summed E-state index contributed by atoms with van der Waals surface area (Å²) in [6.45, 7) is 8.86. The molecule has 1 amide bonds. The second-order valence-electron chi connectivity index (χ2n) is 8.46. The average Bonchev–Trinajstić information content (AvgIpc) is 3.14. The highest BCUT2D eigenvalue weighted by Crippen LogP contribution is 2.65. The molecule has 2 bridgehead atoms. The number of carbonyl (C=O) groups excluding carboxylic acids is 1. The van der Waals surface area contributed by atoms with Crippen molar-refractivity contribution in [1.29, 1.82) is 0 Å². The predicted octanol–water partition coefficient (Wildman–Crippen LogP) is 4.59. The molecule has 2 fully saturated rings. The Morgan fingerprint density at radius 2 is 1.96 bits per heavy atom. The highest BCUT2D eigenvalue weighted by atomic mass is 16.5. The van der Waals surface area contributed by atoms with Gasteiger partial charge in [0, 0.05) is 11.6 Å². The molecule has 0 radical (unpaired) electrons. The Morgan fingerprint density at radius 1 is 1.24 bits per heavy atom. The van der Waals surface area contributed by atoms with Crippen LogP contribution in [0, 0.1) is 23.7 Å². The summed E-state index contributed by atoms with van der Waals surface area (Å²) in [5.74, 6) is 1.20. The molecule has 1 heterocycles. The lowest BCUT2D eigenvalue weighted by atomic mass is 9.69. The minimum Gasteiger partial charge on any atom is -0.360 e. The van der Waals surface area contributed by atoms with E-state index in [-0.39, 0.29) is 22.8 Å². The third-order valence-electron chi connectivity index (χ3n) is 7.24. The maximum Gasteiger partial charge on any atom is 0.257 e. The van der Waals surface area contributed by atoms with Crippen molar-refractivity contribution in [3.63, 3.8) is 0 Å². The third-order valence-corrected chi connectivity index (χ3v) is 7.24. The Kier molecular flexibility index (Phi) is 3.57. The highest BCUT2D eigenvalue weighted by molar-refractivity contribution is 6.01. The molecular weight excluding hydrogens is 312 g/mol. The van der Waals surface area contributed by atoms with Crippen LogP contribution < -0.4 is 5.32 Å². The molecule has 2 aliphatic rings. The quantitative estimate of drug-likeness (QED) is 0.890. The summed E-state index contributed by atoms with van der Waals surface area (Å²) in [5.41, 5.74) is 2.53. The number of fused-ring (bicyclic) bond motifs is 2. The van der Waals surface area contributed by atoms with E-state index < -0.39 is 0 Å². The molecule has 0 spiro atoms. The van der Waals surface area contributed by atoms with Gasteiger partial charge in [0.15, 0.2) is 0 Å². The summed E-state index contributed by atoms with van der Waals surface area (Å²) in [5, 5.41) is 7.46. The van der Waals surface area contributed by atoms with Crippen LogP contribution in [0.4, 0.5) is 0 Å². The van der Waals surface area contributed by atoms with Crippen LogP contribution in [0.5, 0.6) is 0 Å². The number of aryl methyl sites for hydroxylation is 1. The molecule has 2 aromatic rings. The fraction of sp³-hybridized carbons (Fsp3) is 0.524. The molecule has 2 aliphatic carbocycles. The summed E-state index contributed by atoms with van der Waals surface area (Å²) in [6, 6.07) is 9.97. The fourth-order valence-corrected chi connectivity index (χ4v) is 5.09. The van der Waals surface area contributed by atoms with Crippen molar-refractivity contribution in [1.82, 2.24) is 10.5 Å². The normalized spacial score (nSPS) is 29.8. The zero-order valence-corrected chi connectivity index (χ0v) is 15.4. The van der Waals surface area contributed by atoms with Gasteiger partial charge in [0.25, 0.3) is 5.91 Å². The van der Waals surface area contributed by atoms with E-state index in [9.17, 15) is 4.79 Å². The van der Waals surface area contributed by atoms with Gasteiger partial charge in [-0.05, 0) is 42.9 Å². The largest absolute Gasteiger partial charge is 0.360 e. The number of hydrogen-bond donors (Lipinski definition) is 1. The van der Waals surface area contributed by atoms with Gasteiger partial charge >= 0.3 is 0 Å². The van der Waals surface area contributed by atoms with Gasteiger partial charge in [-0.2, -0.15) is 0 Å². The van der Waals surface area contributed by atoms with Crippen LogP contribution in [-0.2, 0) is 0 Å². The number of amides is 1. The highest BCUT2D eigenvalue weighted by Gasteiger charge is 2.61. The molecule has 132 valence electrons. The minimum atomic E-state index is -0.0628. The Bertz CT molecular complexity index is 809. The smallest absolute Gasteiger partial charge is 0.257 e. The summed E-state index contributed by atoms with van der Waals surface area (Å²) in [7, 11) is 0. The van der Waals surface area contributed by atoms with Gasteiger partial charge < -0.3 is 9.84 Å². The first-order valence-electron chi connectivity index (χ1n) is 9.17. The maximum absolute atomic E-state index is 13.1. The minimum absolute atomic E-state index is 0.0628. The van der Waals surface area contributed by atoms with Crippen LogP contribution >= 0.6 is 0 Å². The zero-order valence-electron chi connectivity index (χ0n) is 15.4. The van der Waals surface area contributed by atoms with Gasteiger partial charge in [0.05, 0.1) is 0 Å². The fourth-order valence-electron chi connectivity index (χ4n) is 5.09. The van der Waals surface area contributed by atoms with Crippen LogP contribution in [-0.4, -0.2) is 17.1 Å². The number of nitrogens with one attached hydrogen (secondary N) is 1. The van der Waals surface area contributed by atoms with Gasteiger partial charge in [-0.1, -0.05) is 56.3 Å². The molecule has 0 saturated heterocycles. The standard InChI is InChI=1S/C21H26N2O2/c1-13-17(18(23-25-13)14-8-6-5-7-9-14)19(24)22-16-12-15-10-11-21(16,4)20(15,2)3/h5-9,15-16H,10-12H2,1-4H3,(H,22,24)/t15-,16-,21-/m1/s1. The topological polar surface area (TPSA) is 55.1 Å². The van der Waals surface area contributed by atoms with E-state index in [1.165, 1.54) is 12.8 Å². The number of benzene rings is 1. The number of rotatable bonds is 3. The third kappa shape index (κ3) is 2.26. The van der Waals surface area contributed by atoms with E-state index in [2.05, 4.69) is 31.2 Å². The molecule has 1 N–H and O–H groups in total. The molecule has 4 rings (SSSR count). The van der Waals surface area contributed by atoms with Crippen LogP contribution in [0.1, 0.15) is 56.2 Å². The second kappa shape index (κ2) is 5.45. The van der Waals surface area contributed by atoms with E-state index in [4.69, 9.17) is 4.52 Å². The average molecular weight is 338 g/mol. The number of nitrogens with zero attached hydrogens (tertiary/aromatic N) is 1. The van der Waals surface area contributed by atoms with Crippen molar-refractivity contribution in [2.24, 2.45) is 16.7 Å². The summed E-state index contributed by atoms with van der Waals surface area (Å²) >= 11 is 0. The van der Waals surface area contributed by atoms with Crippen molar-refractivity contribution in [2.75, 3.05) is 0 Å². The van der Waals surface area contributed by atoms with E-state index in [0.29, 0.717) is 22.9 Å². The molecule has 3 atom stereocenters. The lowest BCUT2D eigenvalue weighted by molar-refractivity contribution is 0.0825.